The van der Waals surface area contributed by atoms with Gasteiger partial charge in [0, 0.05) is 10.6 Å². The first-order valence-corrected chi connectivity index (χ1v) is 6.41. The number of nitrogens with zero attached hydrogens (tertiary/aromatic N) is 1. The SMILES string of the molecule is N#Cc1ccc(NC(=O)Cc2c(F)cccc2Cl)c(N)c1. The highest BCUT2D eigenvalue weighted by atomic mass is 35.5. The van der Waals surface area contributed by atoms with E-state index in [4.69, 9.17) is 22.6 Å². The summed E-state index contributed by atoms with van der Waals surface area (Å²) in [4.78, 5) is 11.9. The van der Waals surface area contributed by atoms with Gasteiger partial charge in [0.1, 0.15) is 5.82 Å². The van der Waals surface area contributed by atoms with E-state index in [-0.39, 0.29) is 22.7 Å². The molecule has 0 aromatic heterocycles. The monoisotopic (exact) mass is 303 g/mol. The maximum Gasteiger partial charge on any atom is 0.229 e. The average Bonchev–Trinajstić information content (AvgIpc) is 2.45. The summed E-state index contributed by atoms with van der Waals surface area (Å²) in [5.41, 5.74) is 6.89. The van der Waals surface area contributed by atoms with Gasteiger partial charge in [0.05, 0.1) is 29.4 Å². The Morgan fingerprint density at radius 3 is 2.76 bits per heavy atom. The highest BCUT2D eigenvalue weighted by molar-refractivity contribution is 6.31. The lowest BCUT2D eigenvalue weighted by Gasteiger charge is -2.09. The van der Waals surface area contributed by atoms with Gasteiger partial charge in [-0.3, -0.25) is 4.79 Å². The summed E-state index contributed by atoms with van der Waals surface area (Å²) >= 11 is 5.87. The predicted molar refractivity (Wildman–Crippen MR) is 79.3 cm³/mol. The van der Waals surface area contributed by atoms with E-state index in [1.165, 1.54) is 36.4 Å². The number of nitrogens with one attached hydrogen (secondary N) is 1. The molecule has 0 unspecified atom stereocenters. The minimum atomic E-state index is -0.537. The molecular formula is C15H11ClFN3O. The van der Waals surface area contributed by atoms with Crippen LogP contribution in [0.5, 0.6) is 0 Å². The molecule has 0 bridgehead atoms. The van der Waals surface area contributed by atoms with Crippen LogP contribution in [0.25, 0.3) is 0 Å². The van der Waals surface area contributed by atoms with Crippen molar-refractivity contribution < 1.29 is 9.18 Å². The fourth-order valence-electron chi connectivity index (χ4n) is 1.80. The first-order valence-electron chi connectivity index (χ1n) is 6.03. The van der Waals surface area contributed by atoms with Gasteiger partial charge in [-0.1, -0.05) is 17.7 Å². The highest BCUT2D eigenvalue weighted by Gasteiger charge is 2.13. The number of hydrogen-bond acceptors (Lipinski definition) is 3. The molecule has 4 nitrogen and oxygen atoms in total. The van der Waals surface area contributed by atoms with Gasteiger partial charge in [-0.2, -0.15) is 5.26 Å². The molecule has 21 heavy (non-hydrogen) atoms. The van der Waals surface area contributed by atoms with E-state index < -0.39 is 11.7 Å². The Kier molecular flexibility index (Phi) is 4.41. The molecule has 2 aromatic rings. The molecule has 0 aliphatic carbocycles. The van der Waals surface area contributed by atoms with E-state index in [9.17, 15) is 9.18 Å². The van der Waals surface area contributed by atoms with Gasteiger partial charge < -0.3 is 11.1 Å². The summed E-state index contributed by atoms with van der Waals surface area (Å²) in [7, 11) is 0. The Bertz CT molecular complexity index is 720. The smallest absolute Gasteiger partial charge is 0.229 e. The number of rotatable bonds is 3. The minimum Gasteiger partial charge on any atom is -0.397 e. The zero-order valence-corrected chi connectivity index (χ0v) is 11.6. The van der Waals surface area contributed by atoms with E-state index >= 15 is 0 Å². The molecule has 3 N–H and O–H groups in total. The second-order valence-corrected chi connectivity index (χ2v) is 4.75. The fourth-order valence-corrected chi connectivity index (χ4v) is 2.03. The summed E-state index contributed by atoms with van der Waals surface area (Å²) in [6.45, 7) is 0. The van der Waals surface area contributed by atoms with E-state index in [2.05, 4.69) is 5.32 Å². The van der Waals surface area contributed by atoms with E-state index in [0.29, 0.717) is 11.3 Å². The molecule has 0 saturated carbocycles. The van der Waals surface area contributed by atoms with Gasteiger partial charge in [0.2, 0.25) is 5.91 Å². The molecule has 0 radical (unpaired) electrons. The van der Waals surface area contributed by atoms with Crippen molar-refractivity contribution in [2.24, 2.45) is 0 Å². The number of benzene rings is 2. The molecule has 1 amide bonds. The average molecular weight is 304 g/mol. The Hall–Kier alpha value is -2.58. The van der Waals surface area contributed by atoms with Crippen LogP contribution in [0, 0.1) is 17.1 Å². The number of nitrogen functional groups attached to an aromatic ring is 1. The predicted octanol–water partition coefficient (Wildman–Crippen LogP) is 3.11. The third kappa shape index (κ3) is 3.50. The first kappa shape index (κ1) is 14.8. The highest BCUT2D eigenvalue weighted by Crippen LogP contribution is 2.22. The Morgan fingerprint density at radius 2 is 2.14 bits per heavy atom. The second-order valence-electron chi connectivity index (χ2n) is 4.34. The molecule has 0 heterocycles. The van der Waals surface area contributed by atoms with Crippen LogP contribution in [0.1, 0.15) is 11.1 Å². The van der Waals surface area contributed by atoms with Crippen LogP contribution in [-0.2, 0) is 11.2 Å². The lowest BCUT2D eigenvalue weighted by Crippen LogP contribution is -2.16. The van der Waals surface area contributed by atoms with Crippen molar-refractivity contribution in [1.29, 1.82) is 5.26 Å². The summed E-state index contributed by atoms with van der Waals surface area (Å²) in [6, 6.07) is 10.7. The molecule has 0 fully saturated rings. The van der Waals surface area contributed by atoms with Gasteiger partial charge in [-0.15, -0.1) is 0 Å². The van der Waals surface area contributed by atoms with E-state index in [1.54, 1.807) is 0 Å². The molecule has 0 aliphatic rings. The number of halogens is 2. The lowest BCUT2D eigenvalue weighted by molar-refractivity contribution is -0.115. The molecule has 0 saturated heterocycles. The Morgan fingerprint density at radius 1 is 1.38 bits per heavy atom. The van der Waals surface area contributed by atoms with Crippen molar-refractivity contribution in [2.75, 3.05) is 11.1 Å². The number of carbonyl (C=O) groups excluding carboxylic acids is 1. The number of anilines is 2. The maximum atomic E-state index is 13.6. The van der Waals surface area contributed by atoms with Crippen molar-refractivity contribution in [1.82, 2.24) is 0 Å². The molecule has 0 spiro atoms. The van der Waals surface area contributed by atoms with Crippen molar-refractivity contribution in [2.45, 2.75) is 6.42 Å². The van der Waals surface area contributed by atoms with Crippen LogP contribution in [0.4, 0.5) is 15.8 Å². The summed E-state index contributed by atoms with van der Waals surface area (Å²) in [5, 5.41) is 11.5. The van der Waals surface area contributed by atoms with E-state index in [0.717, 1.165) is 0 Å². The molecule has 6 heteroatoms. The molecule has 106 valence electrons. The van der Waals surface area contributed by atoms with E-state index in [1.807, 2.05) is 6.07 Å². The third-order valence-electron chi connectivity index (χ3n) is 2.85. The number of hydrogen-bond donors (Lipinski definition) is 2. The van der Waals surface area contributed by atoms with Gasteiger partial charge in [0.25, 0.3) is 0 Å². The summed E-state index contributed by atoms with van der Waals surface area (Å²) in [6.07, 6.45) is -0.203. The Labute approximate surface area is 125 Å². The zero-order chi connectivity index (χ0) is 15.4. The van der Waals surface area contributed by atoms with Crippen molar-refractivity contribution in [3.63, 3.8) is 0 Å². The van der Waals surface area contributed by atoms with Crippen molar-refractivity contribution in [3.05, 3.63) is 58.4 Å². The largest absolute Gasteiger partial charge is 0.397 e. The summed E-state index contributed by atoms with van der Waals surface area (Å²) < 4.78 is 13.6. The second kappa shape index (κ2) is 6.25. The van der Waals surface area contributed by atoms with Crippen LogP contribution >= 0.6 is 11.6 Å². The Balaban J connectivity index is 2.14. The molecular weight excluding hydrogens is 293 g/mol. The van der Waals surface area contributed by atoms with Crippen LogP contribution in [0.2, 0.25) is 5.02 Å². The van der Waals surface area contributed by atoms with Crippen molar-refractivity contribution >= 4 is 28.9 Å². The number of nitriles is 1. The molecule has 0 atom stereocenters. The quantitative estimate of drug-likeness (QED) is 0.855. The molecule has 0 aliphatic heterocycles. The number of carbonyl (C=O) groups is 1. The standard InChI is InChI=1S/C15H11ClFN3O/c16-11-2-1-3-12(17)10(11)7-15(21)20-14-5-4-9(8-18)6-13(14)19/h1-6H,7,19H2,(H,20,21). The van der Waals surface area contributed by atoms with Crippen LogP contribution < -0.4 is 11.1 Å². The van der Waals surface area contributed by atoms with Crippen molar-refractivity contribution in [3.8, 4) is 6.07 Å². The minimum absolute atomic E-state index is 0.129. The zero-order valence-electron chi connectivity index (χ0n) is 10.9. The van der Waals surface area contributed by atoms with Gasteiger partial charge in [-0.25, -0.2) is 4.39 Å². The maximum absolute atomic E-state index is 13.6. The third-order valence-corrected chi connectivity index (χ3v) is 3.21. The topological polar surface area (TPSA) is 78.9 Å². The van der Waals surface area contributed by atoms with Gasteiger partial charge in [-0.05, 0) is 30.3 Å². The van der Waals surface area contributed by atoms with Gasteiger partial charge in [0.15, 0.2) is 0 Å². The number of nitrogens with two attached hydrogens (primary N) is 1. The fraction of sp³-hybridized carbons (Fsp3) is 0.0667. The van der Waals surface area contributed by atoms with Crippen LogP contribution in [0.3, 0.4) is 0 Å². The van der Waals surface area contributed by atoms with Crippen LogP contribution in [0.15, 0.2) is 36.4 Å². The first-order chi connectivity index (χ1) is 10.0. The number of amides is 1. The summed E-state index contributed by atoms with van der Waals surface area (Å²) in [5.74, 6) is -0.983. The lowest BCUT2D eigenvalue weighted by atomic mass is 10.1. The normalized spacial score (nSPS) is 9.95. The molecule has 2 rings (SSSR count). The van der Waals surface area contributed by atoms with Gasteiger partial charge >= 0.3 is 0 Å². The van der Waals surface area contributed by atoms with Crippen LogP contribution in [-0.4, -0.2) is 5.91 Å². The molecule has 2 aromatic carbocycles.